The quantitative estimate of drug-likeness (QED) is 0.407. The van der Waals surface area contributed by atoms with Gasteiger partial charge in [-0.15, -0.1) is 11.3 Å². The molecular weight excluding hydrogens is 484 g/mol. The molecule has 4 aromatic rings. The first-order valence-corrected chi connectivity index (χ1v) is 13.9. The summed E-state index contributed by atoms with van der Waals surface area (Å²) in [6.07, 6.45) is 6.63. The zero-order valence-electron chi connectivity index (χ0n) is 20.5. The van der Waals surface area contributed by atoms with Crippen molar-refractivity contribution in [2.75, 3.05) is 24.7 Å². The van der Waals surface area contributed by atoms with E-state index in [-0.39, 0.29) is 11.8 Å². The minimum Gasteiger partial charge on any atom is -0.381 e. The van der Waals surface area contributed by atoms with Crippen LogP contribution in [-0.2, 0) is 11.2 Å². The predicted octanol–water partition coefficient (Wildman–Crippen LogP) is 5.21. The maximum absolute atomic E-state index is 14.0. The molecule has 0 bridgehead atoms. The Morgan fingerprint density at radius 2 is 1.86 bits per heavy atom. The molecule has 7 rings (SSSR count). The van der Waals surface area contributed by atoms with Crippen LogP contribution >= 0.6 is 11.3 Å². The van der Waals surface area contributed by atoms with Gasteiger partial charge in [0.25, 0.3) is 11.8 Å². The van der Waals surface area contributed by atoms with Gasteiger partial charge in [-0.05, 0) is 68.0 Å². The number of nitrogens with zero attached hydrogens (tertiary/aromatic N) is 3. The van der Waals surface area contributed by atoms with E-state index in [2.05, 4.69) is 20.9 Å². The van der Waals surface area contributed by atoms with Gasteiger partial charge in [-0.3, -0.25) is 9.59 Å². The number of fused-ring (bicyclic) bond motifs is 4. The van der Waals surface area contributed by atoms with E-state index in [1.807, 2.05) is 53.7 Å². The lowest BCUT2D eigenvalue weighted by Crippen LogP contribution is -2.32. The summed E-state index contributed by atoms with van der Waals surface area (Å²) in [4.78, 5) is 35.0. The Bertz CT molecular complexity index is 1510. The van der Waals surface area contributed by atoms with E-state index in [0.717, 1.165) is 76.5 Å². The Hall–Kier alpha value is -3.49. The van der Waals surface area contributed by atoms with Gasteiger partial charge in [0.1, 0.15) is 0 Å². The fraction of sp³-hybridized carbons (Fsp3) is 0.345. The van der Waals surface area contributed by atoms with Gasteiger partial charge < -0.3 is 19.5 Å². The van der Waals surface area contributed by atoms with Gasteiger partial charge in [-0.1, -0.05) is 18.2 Å². The predicted molar refractivity (Wildman–Crippen MR) is 144 cm³/mol. The van der Waals surface area contributed by atoms with E-state index in [0.29, 0.717) is 30.6 Å². The molecule has 2 aromatic heterocycles. The molecule has 2 aliphatic heterocycles. The Morgan fingerprint density at radius 3 is 2.70 bits per heavy atom. The fourth-order valence-corrected chi connectivity index (χ4v) is 6.62. The number of rotatable bonds is 4. The summed E-state index contributed by atoms with van der Waals surface area (Å²) in [5.74, 6) is -0.00337. The summed E-state index contributed by atoms with van der Waals surface area (Å²) < 4.78 is 7.75. The number of ether oxygens (including phenoxy) is 1. The largest absolute Gasteiger partial charge is 0.381 e. The normalized spacial score (nSPS) is 17.8. The molecule has 1 aliphatic carbocycles. The van der Waals surface area contributed by atoms with Crippen LogP contribution in [0.1, 0.15) is 57.3 Å². The minimum atomic E-state index is -0.0177. The third-order valence-electron chi connectivity index (χ3n) is 7.64. The number of benzene rings is 2. The summed E-state index contributed by atoms with van der Waals surface area (Å²) in [6, 6.07) is 16.5. The summed E-state index contributed by atoms with van der Waals surface area (Å²) in [6.45, 7) is 2.06. The number of thiophene rings is 1. The Balaban J connectivity index is 1.22. The van der Waals surface area contributed by atoms with Crippen molar-refractivity contribution >= 4 is 39.9 Å². The first kappa shape index (κ1) is 22.7. The van der Waals surface area contributed by atoms with Crippen molar-refractivity contribution in [1.82, 2.24) is 14.9 Å². The molecule has 0 spiro atoms. The van der Waals surface area contributed by atoms with Crippen molar-refractivity contribution in [2.45, 2.75) is 44.2 Å². The zero-order valence-corrected chi connectivity index (χ0v) is 21.3. The third kappa shape index (κ3) is 4.14. The SMILES string of the molecule is O=C(NC1CC1)c1cc2c(s1)-c1ccccc1N(C(=O)c1ccc3ncn(C4CCOCC4)c3c1)CC2. The summed E-state index contributed by atoms with van der Waals surface area (Å²) in [5.41, 5.74) is 5.57. The van der Waals surface area contributed by atoms with Crippen LogP contribution in [0.25, 0.3) is 21.5 Å². The van der Waals surface area contributed by atoms with Crippen molar-refractivity contribution in [3.8, 4) is 10.4 Å². The molecule has 0 atom stereocenters. The second-order valence-electron chi connectivity index (χ2n) is 10.1. The molecule has 4 heterocycles. The van der Waals surface area contributed by atoms with E-state index in [1.54, 1.807) is 0 Å². The molecule has 0 radical (unpaired) electrons. The number of aromatic nitrogens is 2. The van der Waals surface area contributed by atoms with Crippen LogP contribution in [0.15, 0.2) is 54.9 Å². The highest BCUT2D eigenvalue weighted by Crippen LogP contribution is 2.42. The Kier molecular flexibility index (Phi) is 5.59. The molecule has 2 amide bonds. The molecule has 2 aromatic carbocycles. The van der Waals surface area contributed by atoms with E-state index in [1.165, 1.54) is 11.3 Å². The first-order valence-electron chi connectivity index (χ1n) is 13.0. The number of carbonyl (C=O) groups is 2. The highest BCUT2D eigenvalue weighted by molar-refractivity contribution is 7.17. The Morgan fingerprint density at radius 1 is 1.03 bits per heavy atom. The molecule has 188 valence electrons. The molecule has 1 saturated carbocycles. The highest BCUT2D eigenvalue weighted by atomic mass is 32.1. The molecule has 7 nitrogen and oxygen atoms in total. The number of anilines is 1. The van der Waals surface area contributed by atoms with Crippen LogP contribution in [0.2, 0.25) is 0 Å². The first-order chi connectivity index (χ1) is 18.2. The lowest BCUT2D eigenvalue weighted by atomic mass is 10.1. The van der Waals surface area contributed by atoms with Crippen LogP contribution < -0.4 is 10.2 Å². The molecule has 8 heteroatoms. The number of hydrogen-bond donors (Lipinski definition) is 1. The lowest BCUT2D eigenvalue weighted by molar-refractivity contribution is 0.0705. The van der Waals surface area contributed by atoms with Crippen molar-refractivity contribution in [1.29, 1.82) is 0 Å². The zero-order chi connectivity index (χ0) is 24.9. The van der Waals surface area contributed by atoms with E-state index < -0.39 is 0 Å². The average molecular weight is 513 g/mol. The highest BCUT2D eigenvalue weighted by Gasteiger charge is 2.29. The molecule has 2 fully saturated rings. The second-order valence-corrected chi connectivity index (χ2v) is 11.2. The molecule has 3 aliphatic rings. The lowest BCUT2D eigenvalue weighted by Gasteiger charge is -2.25. The van der Waals surface area contributed by atoms with Gasteiger partial charge in [0.2, 0.25) is 0 Å². The van der Waals surface area contributed by atoms with Crippen LogP contribution in [0.5, 0.6) is 0 Å². The van der Waals surface area contributed by atoms with Crippen LogP contribution in [0, 0.1) is 0 Å². The van der Waals surface area contributed by atoms with Crippen LogP contribution in [0.4, 0.5) is 5.69 Å². The summed E-state index contributed by atoms with van der Waals surface area (Å²) >= 11 is 1.53. The third-order valence-corrected chi connectivity index (χ3v) is 8.85. The fourth-order valence-electron chi connectivity index (χ4n) is 5.47. The van der Waals surface area contributed by atoms with Gasteiger partial charge in [-0.2, -0.15) is 0 Å². The van der Waals surface area contributed by atoms with Gasteiger partial charge in [-0.25, -0.2) is 4.98 Å². The minimum absolute atomic E-state index is 0.0143. The van der Waals surface area contributed by atoms with Gasteiger partial charge in [0.05, 0.1) is 27.9 Å². The van der Waals surface area contributed by atoms with E-state index >= 15 is 0 Å². The summed E-state index contributed by atoms with van der Waals surface area (Å²) in [5, 5.41) is 3.10. The van der Waals surface area contributed by atoms with Crippen molar-refractivity contribution in [2.24, 2.45) is 0 Å². The van der Waals surface area contributed by atoms with Gasteiger partial charge in [0, 0.05) is 47.8 Å². The van der Waals surface area contributed by atoms with Crippen LogP contribution in [-0.4, -0.2) is 47.2 Å². The second kappa shape index (κ2) is 9.11. The number of carbonyl (C=O) groups excluding carboxylic acids is 2. The number of hydrogen-bond acceptors (Lipinski definition) is 5. The van der Waals surface area contributed by atoms with Crippen molar-refractivity contribution in [3.63, 3.8) is 0 Å². The number of amides is 2. The number of para-hydroxylation sites is 1. The number of imidazole rings is 1. The van der Waals surface area contributed by atoms with Crippen molar-refractivity contribution < 1.29 is 14.3 Å². The van der Waals surface area contributed by atoms with Crippen molar-refractivity contribution in [3.05, 3.63) is 70.9 Å². The molecule has 1 saturated heterocycles. The Labute approximate surface area is 219 Å². The van der Waals surface area contributed by atoms with E-state index in [4.69, 9.17) is 4.74 Å². The molecule has 0 unspecified atom stereocenters. The molecule has 37 heavy (non-hydrogen) atoms. The van der Waals surface area contributed by atoms with Crippen LogP contribution in [0.3, 0.4) is 0 Å². The number of nitrogens with one attached hydrogen (secondary N) is 1. The maximum Gasteiger partial charge on any atom is 0.261 e. The molecular formula is C29H28N4O3S. The average Bonchev–Trinajstić information content (AvgIpc) is 3.52. The monoisotopic (exact) mass is 512 g/mol. The van der Waals surface area contributed by atoms with Gasteiger partial charge >= 0.3 is 0 Å². The summed E-state index contributed by atoms with van der Waals surface area (Å²) in [7, 11) is 0. The standard InChI is InChI=1S/C29H28N4O3S/c34-28(31-20-6-7-20)26-16-18-9-12-32(24-4-2-1-3-22(24)27(18)37-26)29(35)19-5-8-23-25(15-19)33(17-30-23)21-10-13-36-14-11-21/h1-5,8,15-17,20-21H,6-7,9-14H2,(H,31,34). The van der Waals surface area contributed by atoms with E-state index in [9.17, 15) is 9.59 Å². The topological polar surface area (TPSA) is 76.5 Å². The smallest absolute Gasteiger partial charge is 0.261 e. The van der Waals surface area contributed by atoms with Gasteiger partial charge in [0.15, 0.2) is 0 Å². The maximum atomic E-state index is 14.0. The molecule has 1 N–H and O–H groups in total.